The van der Waals surface area contributed by atoms with E-state index in [1.807, 2.05) is 5.32 Å². The number of aliphatic carboxylic acids is 2. The second-order valence-electron chi connectivity index (χ2n) is 11.1. The van der Waals surface area contributed by atoms with Gasteiger partial charge in [0.15, 0.2) is 5.96 Å². The Hall–Kier alpha value is -6.03. The number of aliphatic imine (C=N–C) groups is 1. The second kappa shape index (κ2) is 21.8. The lowest BCUT2D eigenvalue weighted by molar-refractivity contribution is -0.139. The average Bonchev–Trinajstić information content (AvgIpc) is 3.05. The number of carbonyl (C=O) groups is 8. The maximum absolute atomic E-state index is 13.7. The van der Waals surface area contributed by atoms with E-state index in [-0.39, 0.29) is 37.5 Å². The number of nitrogens with one attached hydrogen (secondary N) is 5. The summed E-state index contributed by atoms with van der Waals surface area (Å²) in [6.45, 7) is -1.79. The van der Waals surface area contributed by atoms with Crippen LogP contribution in [0.25, 0.3) is 0 Å². The van der Waals surface area contributed by atoms with Crippen molar-refractivity contribution in [2.75, 3.05) is 19.7 Å². The van der Waals surface area contributed by atoms with Gasteiger partial charge in [-0.2, -0.15) is 0 Å². The summed E-state index contributed by atoms with van der Waals surface area (Å²) >= 11 is 0. The first-order valence-corrected chi connectivity index (χ1v) is 15.3. The Balaban J connectivity index is 3.38. The molecule has 22 heteroatoms. The van der Waals surface area contributed by atoms with Gasteiger partial charge >= 0.3 is 11.9 Å². The molecule has 0 saturated carbocycles. The van der Waals surface area contributed by atoms with Crippen LogP contribution in [0, 0.1) is 0 Å². The number of aliphatic hydroxyl groups excluding tert-OH is 1. The minimum Gasteiger partial charge on any atom is -0.508 e. The topological polar surface area (TPSA) is 394 Å². The number of nitrogens with zero attached hydrogens (tertiary/aromatic N) is 1. The molecule has 0 aliphatic rings. The van der Waals surface area contributed by atoms with Crippen molar-refractivity contribution in [3.8, 4) is 5.75 Å². The minimum atomic E-state index is -1.68. The molecule has 51 heavy (non-hydrogen) atoms. The lowest BCUT2D eigenvalue weighted by Crippen LogP contribution is -2.59. The average molecular weight is 725 g/mol. The number of hydrogen-bond acceptors (Lipinski definition) is 12. The summed E-state index contributed by atoms with van der Waals surface area (Å²) in [4.78, 5) is 103. The van der Waals surface area contributed by atoms with E-state index in [2.05, 4.69) is 26.3 Å². The number of nitrogens with two attached hydrogens (primary N) is 4. The van der Waals surface area contributed by atoms with Crippen molar-refractivity contribution in [2.45, 2.75) is 68.7 Å². The maximum atomic E-state index is 13.7. The molecule has 0 spiro atoms. The molecule has 0 unspecified atom stereocenters. The highest BCUT2D eigenvalue weighted by atomic mass is 16.4. The Kier molecular flexibility index (Phi) is 18.4. The van der Waals surface area contributed by atoms with Gasteiger partial charge in [-0.15, -0.1) is 0 Å². The second-order valence-corrected chi connectivity index (χ2v) is 11.1. The maximum Gasteiger partial charge on any atom is 0.322 e. The number of guanidine groups is 1. The van der Waals surface area contributed by atoms with Crippen LogP contribution in [0.3, 0.4) is 0 Å². The predicted molar refractivity (Wildman–Crippen MR) is 176 cm³/mol. The molecule has 1 rings (SSSR count). The summed E-state index contributed by atoms with van der Waals surface area (Å²) < 4.78 is 0. The van der Waals surface area contributed by atoms with Gasteiger partial charge in [-0.1, -0.05) is 12.1 Å². The van der Waals surface area contributed by atoms with Gasteiger partial charge in [-0.3, -0.25) is 43.3 Å². The Morgan fingerprint density at radius 2 is 1.24 bits per heavy atom. The zero-order valence-corrected chi connectivity index (χ0v) is 27.4. The third-order valence-corrected chi connectivity index (χ3v) is 6.85. The monoisotopic (exact) mass is 724 g/mol. The number of amides is 6. The van der Waals surface area contributed by atoms with E-state index in [0.717, 1.165) is 0 Å². The number of carboxylic acids is 2. The van der Waals surface area contributed by atoms with Crippen molar-refractivity contribution < 1.29 is 58.8 Å². The summed E-state index contributed by atoms with van der Waals surface area (Å²) in [5.74, 6) is -9.11. The molecule has 0 aliphatic carbocycles. The molecule has 6 amide bonds. The third-order valence-electron chi connectivity index (χ3n) is 6.85. The summed E-state index contributed by atoms with van der Waals surface area (Å²) in [7, 11) is 0. The summed E-state index contributed by atoms with van der Waals surface area (Å²) in [5, 5.41) is 48.6. The number of carbonyl (C=O) groups excluding carboxylic acids is 6. The fraction of sp³-hybridized carbons (Fsp3) is 0.483. The highest BCUT2D eigenvalue weighted by molar-refractivity contribution is 5.97. The van der Waals surface area contributed by atoms with Gasteiger partial charge in [0.25, 0.3) is 0 Å². The Morgan fingerprint density at radius 3 is 1.76 bits per heavy atom. The van der Waals surface area contributed by atoms with Crippen LogP contribution in [0.15, 0.2) is 29.3 Å². The first-order valence-electron chi connectivity index (χ1n) is 15.3. The molecule has 0 aromatic heterocycles. The molecule has 0 heterocycles. The van der Waals surface area contributed by atoms with E-state index in [0.29, 0.717) is 5.56 Å². The van der Waals surface area contributed by atoms with Crippen LogP contribution in [-0.4, -0.2) is 124 Å². The van der Waals surface area contributed by atoms with E-state index in [1.165, 1.54) is 24.3 Å². The normalized spacial score (nSPS) is 13.5. The summed E-state index contributed by atoms with van der Waals surface area (Å²) in [6.07, 6.45) is -1.95. The fourth-order valence-electron chi connectivity index (χ4n) is 4.27. The first-order chi connectivity index (χ1) is 23.9. The van der Waals surface area contributed by atoms with Crippen molar-refractivity contribution in [2.24, 2.45) is 27.9 Å². The molecule has 0 saturated heterocycles. The van der Waals surface area contributed by atoms with Crippen molar-refractivity contribution in [3.63, 3.8) is 0 Å². The number of aromatic hydroxyl groups is 1. The van der Waals surface area contributed by atoms with E-state index in [9.17, 15) is 53.7 Å². The molecule has 1 aromatic carbocycles. The van der Waals surface area contributed by atoms with Crippen LogP contribution in [0.2, 0.25) is 0 Å². The van der Waals surface area contributed by atoms with Gasteiger partial charge in [0, 0.05) is 19.4 Å². The van der Waals surface area contributed by atoms with Crippen molar-refractivity contribution in [1.82, 2.24) is 26.6 Å². The molecular formula is C29H44N10O12. The molecule has 0 aliphatic heterocycles. The molecule has 0 fully saturated rings. The number of phenols is 1. The Morgan fingerprint density at radius 1 is 0.706 bits per heavy atom. The van der Waals surface area contributed by atoms with Crippen molar-refractivity contribution in [1.29, 1.82) is 0 Å². The van der Waals surface area contributed by atoms with Gasteiger partial charge in [-0.25, -0.2) is 0 Å². The van der Waals surface area contributed by atoms with E-state index in [1.54, 1.807) is 0 Å². The SMILES string of the molecule is NC(=O)C[C@H](N)C(=O)N[C@@H](CCCN=C(N)N)C(=O)N[C@@H](Cc1ccc(O)cc1)C(=O)N[C@@H](CCC(=O)O)C(=O)N[C@@H](CO)C(=O)NCC(=O)O. The molecule has 282 valence electrons. The van der Waals surface area contributed by atoms with Crippen LogP contribution in [0.1, 0.15) is 37.7 Å². The van der Waals surface area contributed by atoms with E-state index < -0.39 is 110 Å². The quantitative estimate of drug-likeness (QED) is 0.0284. The first kappa shape index (κ1) is 43.0. The zero-order chi connectivity index (χ0) is 38.7. The number of benzene rings is 1. The van der Waals surface area contributed by atoms with Crippen LogP contribution < -0.4 is 49.5 Å². The van der Waals surface area contributed by atoms with Crippen LogP contribution in [0.4, 0.5) is 0 Å². The number of carboxylic acid groups (broad SMARTS) is 2. The number of rotatable bonds is 23. The number of aliphatic hydroxyl groups is 1. The fourth-order valence-corrected chi connectivity index (χ4v) is 4.27. The van der Waals surface area contributed by atoms with Crippen LogP contribution in [0.5, 0.6) is 5.75 Å². The minimum absolute atomic E-state index is 0.0380. The molecule has 0 radical (unpaired) electrons. The lowest BCUT2D eigenvalue weighted by Gasteiger charge is -2.26. The van der Waals surface area contributed by atoms with Gasteiger partial charge in [-0.05, 0) is 37.0 Å². The van der Waals surface area contributed by atoms with Crippen molar-refractivity contribution in [3.05, 3.63) is 29.8 Å². The summed E-state index contributed by atoms with van der Waals surface area (Å²) in [6, 6.07) is -2.21. The van der Waals surface area contributed by atoms with Crippen molar-refractivity contribution >= 4 is 53.3 Å². The highest BCUT2D eigenvalue weighted by Gasteiger charge is 2.32. The largest absolute Gasteiger partial charge is 0.508 e. The molecule has 17 N–H and O–H groups in total. The summed E-state index contributed by atoms with van der Waals surface area (Å²) in [5.41, 5.74) is 21.9. The standard InChI is InChI=1S/C29H44N10O12/c30-16(11-21(31)42)24(47)36-17(2-1-9-34-29(32)33)26(49)38-19(10-14-3-5-15(41)6-4-14)28(51)37-18(7-8-22(43)44)27(50)39-20(13-40)25(48)35-12-23(45)46/h3-6,16-20,40-41H,1-2,7-13,30H2,(H2,31,42)(H,35,48)(H,36,47)(H,37,51)(H,38,49)(H,39,50)(H,43,44)(H,45,46)(H4,32,33,34)/t16-,17-,18-,19-,20-/m0/s1. The molecular weight excluding hydrogens is 680 g/mol. The third kappa shape index (κ3) is 17.3. The van der Waals surface area contributed by atoms with Gasteiger partial charge in [0.05, 0.1) is 19.1 Å². The number of phenolic OH excluding ortho intramolecular Hbond substituents is 1. The smallest absolute Gasteiger partial charge is 0.322 e. The van der Waals surface area contributed by atoms with E-state index in [4.69, 9.17) is 28.0 Å². The molecule has 22 nitrogen and oxygen atoms in total. The van der Waals surface area contributed by atoms with Gasteiger partial charge in [0.2, 0.25) is 35.4 Å². The van der Waals surface area contributed by atoms with E-state index >= 15 is 0 Å². The Labute approximate surface area is 290 Å². The predicted octanol–water partition coefficient (Wildman–Crippen LogP) is -5.81. The van der Waals surface area contributed by atoms with Gasteiger partial charge < -0.3 is 69.9 Å². The number of hydrogen-bond donors (Lipinski definition) is 13. The lowest BCUT2D eigenvalue weighted by atomic mass is 10.0. The van der Waals surface area contributed by atoms with Gasteiger partial charge in [0.1, 0.15) is 36.5 Å². The molecule has 0 bridgehead atoms. The number of primary amides is 1. The van der Waals surface area contributed by atoms with Crippen LogP contribution >= 0.6 is 0 Å². The van der Waals surface area contributed by atoms with Crippen LogP contribution in [-0.2, 0) is 44.8 Å². The highest BCUT2D eigenvalue weighted by Crippen LogP contribution is 2.13. The molecule has 1 aromatic rings. The molecule has 5 atom stereocenters. The zero-order valence-electron chi connectivity index (χ0n) is 27.4. The Bertz CT molecular complexity index is 1440.